The van der Waals surface area contributed by atoms with Crippen molar-refractivity contribution in [3.63, 3.8) is 0 Å². The molecule has 3 aromatic heterocycles. The van der Waals surface area contributed by atoms with Crippen LogP contribution in [0.25, 0.3) is 23.0 Å². The first kappa shape index (κ1) is 15.7. The second-order valence-corrected chi connectivity index (χ2v) is 4.91. The Hall–Kier alpha value is -3.18. The molecule has 0 aromatic carbocycles. The lowest BCUT2D eigenvalue weighted by atomic mass is 10.2. The number of alkyl halides is 3. The molecule has 0 spiro atoms. The number of halogens is 3. The topological polar surface area (TPSA) is 122 Å². The van der Waals surface area contributed by atoms with E-state index in [9.17, 15) is 22.8 Å². The number of nitrogens with zero attached hydrogens (tertiary/aromatic N) is 4. The molecule has 9 nitrogen and oxygen atoms in total. The summed E-state index contributed by atoms with van der Waals surface area (Å²) in [6.45, 7) is 1.20. The van der Waals surface area contributed by atoms with E-state index in [-0.39, 0.29) is 17.1 Å². The molecule has 0 aliphatic heterocycles. The monoisotopic (exact) mass is 342 g/mol. The maximum Gasteiger partial charge on any atom is 0.420 e. The molecule has 0 unspecified atom stereocenters. The van der Waals surface area contributed by atoms with Crippen LogP contribution in [0, 0.1) is 6.92 Å². The molecule has 0 radical (unpaired) electrons. The van der Waals surface area contributed by atoms with Crippen molar-refractivity contribution in [2.75, 3.05) is 0 Å². The quantitative estimate of drug-likeness (QED) is 0.711. The van der Waals surface area contributed by atoms with E-state index in [1.165, 1.54) is 14.0 Å². The summed E-state index contributed by atoms with van der Waals surface area (Å²) in [6, 6.07) is 0. The summed E-state index contributed by atoms with van der Waals surface area (Å²) in [7, 11) is 1.38. The van der Waals surface area contributed by atoms with Crippen LogP contribution in [-0.4, -0.2) is 29.9 Å². The van der Waals surface area contributed by atoms with Crippen molar-refractivity contribution in [2.45, 2.75) is 13.1 Å². The maximum absolute atomic E-state index is 13.1. The van der Waals surface area contributed by atoms with E-state index in [1.807, 2.05) is 4.98 Å². The third-order valence-electron chi connectivity index (χ3n) is 3.21. The molecule has 2 N–H and O–H groups in total. The highest BCUT2D eigenvalue weighted by Gasteiger charge is 2.39. The lowest BCUT2D eigenvalue weighted by molar-refractivity contribution is -0.137. The summed E-state index contributed by atoms with van der Waals surface area (Å²) in [5, 5.41) is 9.22. The van der Waals surface area contributed by atoms with Gasteiger partial charge in [-0.15, -0.1) is 0 Å². The molecule has 0 bridgehead atoms. The van der Waals surface area contributed by atoms with Crippen LogP contribution >= 0.6 is 0 Å². The van der Waals surface area contributed by atoms with Gasteiger partial charge in [-0.05, 0) is 6.92 Å². The highest BCUT2D eigenvalue weighted by Crippen LogP contribution is 2.37. The Morgan fingerprint density at radius 1 is 1.29 bits per heavy atom. The molecule has 0 saturated heterocycles. The number of aromatic amines is 2. The number of rotatable bonds is 2. The van der Waals surface area contributed by atoms with Gasteiger partial charge >= 0.3 is 11.9 Å². The van der Waals surface area contributed by atoms with Crippen molar-refractivity contribution in [3.8, 4) is 23.0 Å². The normalized spacial score (nSPS) is 11.9. The lowest BCUT2D eigenvalue weighted by Crippen LogP contribution is -2.28. The van der Waals surface area contributed by atoms with Gasteiger partial charge in [0, 0.05) is 18.9 Å². The van der Waals surface area contributed by atoms with E-state index in [0.717, 1.165) is 10.8 Å². The Bertz CT molecular complexity index is 1030. The molecular formula is C12H9F3N6O3. The predicted octanol–water partition coefficient (Wildman–Crippen LogP) is 0.841. The fourth-order valence-electron chi connectivity index (χ4n) is 2.08. The van der Waals surface area contributed by atoms with E-state index in [0.29, 0.717) is 0 Å². The highest BCUT2D eigenvalue weighted by atomic mass is 19.4. The van der Waals surface area contributed by atoms with Crippen LogP contribution in [0.2, 0.25) is 0 Å². The molecule has 126 valence electrons. The van der Waals surface area contributed by atoms with Crippen LogP contribution < -0.4 is 11.2 Å². The minimum absolute atomic E-state index is 0.132. The van der Waals surface area contributed by atoms with E-state index in [1.54, 1.807) is 0 Å². The van der Waals surface area contributed by atoms with Gasteiger partial charge in [0.1, 0.15) is 11.1 Å². The average molecular weight is 342 g/mol. The fourth-order valence-corrected chi connectivity index (χ4v) is 2.08. The van der Waals surface area contributed by atoms with Crippen LogP contribution in [0.5, 0.6) is 0 Å². The van der Waals surface area contributed by atoms with Crippen molar-refractivity contribution in [3.05, 3.63) is 38.3 Å². The van der Waals surface area contributed by atoms with Gasteiger partial charge in [0.15, 0.2) is 5.69 Å². The zero-order valence-electron chi connectivity index (χ0n) is 12.2. The highest BCUT2D eigenvalue weighted by molar-refractivity contribution is 5.59. The summed E-state index contributed by atoms with van der Waals surface area (Å²) in [4.78, 5) is 28.9. The third-order valence-corrected chi connectivity index (χ3v) is 3.21. The van der Waals surface area contributed by atoms with Gasteiger partial charge in [-0.25, -0.2) is 4.79 Å². The molecule has 3 rings (SSSR count). The molecule has 0 amide bonds. The van der Waals surface area contributed by atoms with E-state index in [2.05, 4.69) is 20.3 Å². The fraction of sp³-hybridized carbons (Fsp3) is 0.250. The predicted molar refractivity (Wildman–Crippen MR) is 72.9 cm³/mol. The molecule has 0 aliphatic rings. The molecule has 0 fully saturated rings. The zero-order chi connectivity index (χ0) is 17.6. The molecule has 0 atom stereocenters. The van der Waals surface area contributed by atoms with Gasteiger partial charge < -0.3 is 9.09 Å². The van der Waals surface area contributed by atoms with Crippen LogP contribution in [-0.2, 0) is 13.2 Å². The summed E-state index contributed by atoms with van der Waals surface area (Å²) in [6.07, 6.45) is -3.52. The number of H-pyrrole nitrogens is 2. The Kier molecular flexibility index (Phi) is 3.39. The number of nitrogens with one attached hydrogen (secondary N) is 2. The zero-order valence-corrected chi connectivity index (χ0v) is 12.2. The van der Waals surface area contributed by atoms with Crippen LogP contribution in [0.15, 0.2) is 20.3 Å². The largest absolute Gasteiger partial charge is 0.420 e. The summed E-state index contributed by atoms with van der Waals surface area (Å²) in [5.41, 5.74) is -3.40. The molecular weight excluding hydrogens is 333 g/mol. The van der Waals surface area contributed by atoms with Crippen molar-refractivity contribution in [2.24, 2.45) is 7.05 Å². The first-order valence-corrected chi connectivity index (χ1v) is 6.45. The van der Waals surface area contributed by atoms with Crippen LogP contribution in [0.1, 0.15) is 11.3 Å². The smallest absolute Gasteiger partial charge is 0.332 e. The molecule has 3 heterocycles. The van der Waals surface area contributed by atoms with Crippen LogP contribution in [0.4, 0.5) is 13.2 Å². The van der Waals surface area contributed by atoms with Gasteiger partial charge in [0.2, 0.25) is 5.82 Å². The van der Waals surface area contributed by atoms with E-state index < -0.39 is 34.6 Å². The SMILES string of the molecule is Cc1[nH]nc(-c2nc(-c3cn(C)c(=O)[nH]c3=O)no2)c1C(F)(F)F. The van der Waals surface area contributed by atoms with Crippen LogP contribution in [0.3, 0.4) is 0 Å². The number of aromatic nitrogens is 6. The molecule has 24 heavy (non-hydrogen) atoms. The van der Waals surface area contributed by atoms with E-state index in [4.69, 9.17) is 4.52 Å². The minimum atomic E-state index is -4.67. The summed E-state index contributed by atoms with van der Waals surface area (Å²) in [5.74, 6) is -0.773. The Balaban J connectivity index is 2.12. The van der Waals surface area contributed by atoms with Crippen molar-refractivity contribution >= 4 is 0 Å². The number of hydrogen-bond donors (Lipinski definition) is 2. The van der Waals surface area contributed by atoms with Crippen molar-refractivity contribution < 1.29 is 17.7 Å². The lowest BCUT2D eigenvalue weighted by Gasteiger charge is -2.05. The molecule has 12 heteroatoms. The second-order valence-electron chi connectivity index (χ2n) is 4.91. The standard InChI is InChI=1S/C12H9F3N6O3/c1-4-6(12(13,14)15)7(19-18-4)10-16-8(20-24-10)5-3-21(2)11(23)17-9(5)22/h3H,1-2H3,(H,18,19)(H,17,22,23). The van der Waals surface area contributed by atoms with Gasteiger partial charge in [0.25, 0.3) is 11.4 Å². The average Bonchev–Trinajstić information content (AvgIpc) is 3.08. The van der Waals surface area contributed by atoms with E-state index >= 15 is 0 Å². The first-order chi connectivity index (χ1) is 11.2. The molecule has 0 saturated carbocycles. The Morgan fingerprint density at radius 3 is 2.67 bits per heavy atom. The summed E-state index contributed by atoms with van der Waals surface area (Å²) >= 11 is 0. The Morgan fingerprint density at radius 2 is 2.00 bits per heavy atom. The Labute approximate surface area is 130 Å². The van der Waals surface area contributed by atoms with Crippen molar-refractivity contribution in [1.29, 1.82) is 0 Å². The number of hydrogen-bond acceptors (Lipinski definition) is 6. The summed E-state index contributed by atoms with van der Waals surface area (Å²) < 4.78 is 45.1. The molecule has 0 aliphatic carbocycles. The van der Waals surface area contributed by atoms with Gasteiger partial charge in [-0.1, -0.05) is 5.16 Å². The second kappa shape index (κ2) is 5.18. The van der Waals surface area contributed by atoms with Gasteiger partial charge in [-0.2, -0.15) is 23.3 Å². The van der Waals surface area contributed by atoms with Crippen molar-refractivity contribution in [1.82, 2.24) is 29.9 Å². The molecule has 3 aromatic rings. The van der Waals surface area contributed by atoms with Gasteiger partial charge in [0.05, 0.1) is 0 Å². The minimum Gasteiger partial charge on any atom is -0.332 e. The number of aryl methyl sites for hydroxylation is 2. The van der Waals surface area contributed by atoms with Gasteiger partial charge in [-0.3, -0.25) is 14.9 Å². The third kappa shape index (κ3) is 2.51. The maximum atomic E-state index is 13.1. The first-order valence-electron chi connectivity index (χ1n) is 6.45.